The van der Waals surface area contributed by atoms with Crippen molar-refractivity contribution in [1.29, 1.82) is 0 Å². The molecule has 57 heavy (non-hydrogen) atoms. The molecule has 1 aliphatic heterocycles. The highest BCUT2D eigenvalue weighted by molar-refractivity contribution is 5.97. The minimum Gasteiger partial charge on any atom is -0.460 e. The molecule has 19 nitrogen and oxygen atoms in total. The molecular weight excluding hydrogens is 754 g/mol. The number of ether oxygens (including phenoxy) is 7. The van der Waals surface area contributed by atoms with Gasteiger partial charge < -0.3 is 38.5 Å². The summed E-state index contributed by atoms with van der Waals surface area (Å²) in [5, 5.41) is 13.8. The van der Waals surface area contributed by atoms with Gasteiger partial charge in [-0.3, -0.25) is 29.3 Å². The van der Waals surface area contributed by atoms with Crippen LogP contribution in [0.15, 0.2) is 42.5 Å². The second kappa shape index (κ2) is 19.4. The van der Waals surface area contributed by atoms with Gasteiger partial charge in [-0.15, -0.1) is 0 Å². The number of esters is 1. The first kappa shape index (κ1) is 45.6. The van der Waals surface area contributed by atoms with Crippen molar-refractivity contribution in [3.63, 3.8) is 0 Å². The Morgan fingerprint density at radius 3 is 2.00 bits per heavy atom. The van der Waals surface area contributed by atoms with Crippen LogP contribution >= 0.6 is 0 Å². The summed E-state index contributed by atoms with van der Waals surface area (Å²) in [4.78, 5) is 92.1. The number of amides is 3. The van der Waals surface area contributed by atoms with Gasteiger partial charge >= 0.3 is 24.3 Å². The molecule has 0 saturated carbocycles. The average molecular weight is 804 g/mol. The largest absolute Gasteiger partial charge is 0.514 e. The van der Waals surface area contributed by atoms with E-state index in [1.807, 2.05) is 0 Å². The molecule has 1 saturated heterocycles. The summed E-state index contributed by atoms with van der Waals surface area (Å²) in [6.07, 6.45) is -6.69. The van der Waals surface area contributed by atoms with Gasteiger partial charge in [0.15, 0.2) is 11.9 Å². The van der Waals surface area contributed by atoms with Gasteiger partial charge in [-0.2, -0.15) is 0 Å². The van der Waals surface area contributed by atoms with E-state index in [9.17, 15) is 38.9 Å². The number of hydrogen-bond donors (Lipinski definition) is 1. The topological polar surface area (TPSA) is 235 Å². The standard InChI is InChI=1S/C38H49N3O16/c1-21-22(2)31(52-24(4)43)33(55-30(21)23(3)42)54-29-16-11-25(20-50-36(47)53-27-14-12-26(13-15-27)41(48)49)19-28(29)32(44)39-17-18-51-40(34(45)56-37(5,6)7)35(46)57-38(8,9)10/h11-16,19,21-22,30-31,33H,17-18,20H2,1-10H3,(H,39,44)/t21-,22-,30-,31+,33+/m0/s1. The van der Waals surface area contributed by atoms with Crippen molar-refractivity contribution in [3.05, 3.63) is 63.7 Å². The molecule has 1 aliphatic rings. The molecule has 312 valence electrons. The van der Waals surface area contributed by atoms with Crippen LogP contribution < -0.4 is 14.8 Å². The molecule has 0 spiro atoms. The SMILES string of the molecule is CC(=O)O[C@H]1[C@H](Oc2ccc(COC(=O)Oc3ccc([N+](=O)[O-])cc3)cc2C(=O)NCCON(C(=O)OC(C)(C)C)C(=O)OC(C)(C)C)O[C@H](C(C)=O)[C@@H](C)[C@@H]1C. The van der Waals surface area contributed by atoms with E-state index in [0.717, 1.165) is 12.1 Å². The van der Waals surface area contributed by atoms with Crippen LogP contribution in [0.1, 0.15) is 85.2 Å². The zero-order valence-corrected chi connectivity index (χ0v) is 33.5. The molecular formula is C38H49N3O16. The van der Waals surface area contributed by atoms with E-state index < -0.39 is 84.0 Å². The van der Waals surface area contributed by atoms with Gasteiger partial charge in [0.1, 0.15) is 35.4 Å². The van der Waals surface area contributed by atoms with E-state index >= 15 is 0 Å². The Bertz CT molecular complexity index is 1770. The lowest BCUT2D eigenvalue weighted by Crippen LogP contribution is -2.55. The third-order valence-corrected chi connectivity index (χ3v) is 7.94. The van der Waals surface area contributed by atoms with Crippen LogP contribution in [0.4, 0.5) is 20.1 Å². The average Bonchev–Trinajstić information content (AvgIpc) is 3.09. The summed E-state index contributed by atoms with van der Waals surface area (Å²) >= 11 is 0. The van der Waals surface area contributed by atoms with Gasteiger partial charge in [-0.1, -0.05) is 25.0 Å². The van der Waals surface area contributed by atoms with Crippen LogP contribution in [0.2, 0.25) is 0 Å². The molecule has 0 aliphatic carbocycles. The van der Waals surface area contributed by atoms with E-state index in [1.165, 1.54) is 44.2 Å². The lowest BCUT2D eigenvalue weighted by atomic mass is 9.82. The Kier molecular flexibility index (Phi) is 15.5. The van der Waals surface area contributed by atoms with Crippen molar-refractivity contribution in [2.45, 2.75) is 106 Å². The molecule has 19 heteroatoms. The number of imide groups is 1. The Morgan fingerprint density at radius 2 is 1.47 bits per heavy atom. The molecule has 3 rings (SSSR count). The van der Waals surface area contributed by atoms with Crippen LogP contribution in [0.5, 0.6) is 11.5 Å². The molecule has 2 aromatic rings. The third kappa shape index (κ3) is 14.0. The van der Waals surface area contributed by atoms with Gasteiger partial charge in [0.05, 0.1) is 17.1 Å². The first-order chi connectivity index (χ1) is 26.5. The minimum absolute atomic E-state index is 0.0178. The lowest BCUT2D eigenvalue weighted by molar-refractivity contribution is -0.384. The number of hydrogen-bond acceptors (Lipinski definition) is 16. The maximum atomic E-state index is 13.7. The van der Waals surface area contributed by atoms with Crippen molar-refractivity contribution in [2.24, 2.45) is 11.8 Å². The monoisotopic (exact) mass is 803 g/mol. The Balaban J connectivity index is 1.86. The molecule has 0 unspecified atom stereocenters. The predicted octanol–water partition coefficient (Wildman–Crippen LogP) is 6.04. The van der Waals surface area contributed by atoms with Crippen LogP contribution in [0.3, 0.4) is 0 Å². The molecule has 3 amide bonds. The molecule has 5 atom stereocenters. The Hall–Kier alpha value is -5.82. The predicted molar refractivity (Wildman–Crippen MR) is 197 cm³/mol. The normalized spacial score (nSPS) is 19.3. The minimum atomic E-state index is -1.33. The summed E-state index contributed by atoms with van der Waals surface area (Å²) in [7, 11) is 0. The van der Waals surface area contributed by atoms with Crippen molar-refractivity contribution < 1.29 is 71.7 Å². The van der Waals surface area contributed by atoms with Crippen LogP contribution in [0, 0.1) is 22.0 Å². The van der Waals surface area contributed by atoms with Gasteiger partial charge in [-0.25, -0.2) is 14.4 Å². The second-order valence-electron chi connectivity index (χ2n) is 15.0. The van der Waals surface area contributed by atoms with E-state index in [0.29, 0.717) is 5.06 Å². The summed E-state index contributed by atoms with van der Waals surface area (Å²) in [6, 6.07) is 8.89. The molecule has 0 aromatic heterocycles. The van der Waals surface area contributed by atoms with E-state index in [1.54, 1.807) is 55.4 Å². The van der Waals surface area contributed by atoms with Crippen molar-refractivity contribution in [1.82, 2.24) is 10.4 Å². The first-order valence-electron chi connectivity index (χ1n) is 17.8. The van der Waals surface area contributed by atoms with E-state index in [2.05, 4.69) is 5.32 Å². The fraction of sp³-hybridized carbons (Fsp3) is 0.526. The molecule has 0 radical (unpaired) electrons. The molecule has 2 aromatic carbocycles. The quantitative estimate of drug-likeness (QED) is 0.0607. The van der Waals surface area contributed by atoms with Crippen molar-refractivity contribution in [2.75, 3.05) is 13.2 Å². The zero-order chi connectivity index (χ0) is 42.8. The Labute approximate surface area is 329 Å². The lowest BCUT2D eigenvalue weighted by Gasteiger charge is -2.42. The second-order valence-corrected chi connectivity index (χ2v) is 15.0. The number of carbonyl (C=O) groups is 6. The van der Waals surface area contributed by atoms with Crippen molar-refractivity contribution >= 4 is 41.7 Å². The number of nitro groups is 1. The highest BCUT2D eigenvalue weighted by Gasteiger charge is 2.46. The summed E-state index contributed by atoms with van der Waals surface area (Å²) in [5.74, 6) is -2.56. The van der Waals surface area contributed by atoms with Crippen molar-refractivity contribution in [3.8, 4) is 11.5 Å². The number of nitrogens with one attached hydrogen (secondary N) is 1. The fourth-order valence-corrected chi connectivity index (χ4v) is 5.24. The number of hydroxylamine groups is 2. The molecule has 1 heterocycles. The van der Waals surface area contributed by atoms with Gasteiger partial charge in [-0.05, 0) is 84.2 Å². The van der Waals surface area contributed by atoms with Crippen LogP contribution in [0.25, 0.3) is 0 Å². The molecule has 0 bridgehead atoms. The number of rotatable bonds is 13. The van der Waals surface area contributed by atoms with Gasteiger partial charge in [0.25, 0.3) is 11.6 Å². The number of carbonyl (C=O) groups excluding carboxylic acids is 6. The summed E-state index contributed by atoms with van der Waals surface area (Å²) in [6.45, 7) is 14.5. The highest BCUT2D eigenvalue weighted by Crippen LogP contribution is 2.35. The maximum absolute atomic E-state index is 13.7. The molecule has 1 fully saturated rings. The Morgan fingerprint density at radius 1 is 0.877 bits per heavy atom. The number of ketones is 1. The number of nitro benzene ring substituents is 1. The summed E-state index contributed by atoms with van der Waals surface area (Å²) < 4.78 is 38.5. The number of non-ortho nitro benzene ring substituents is 1. The van der Waals surface area contributed by atoms with E-state index in [-0.39, 0.29) is 46.6 Å². The van der Waals surface area contributed by atoms with Gasteiger partial charge in [0, 0.05) is 31.5 Å². The number of benzene rings is 2. The van der Waals surface area contributed by atoms with Crippen LogP contribution in [-0.4, -0.2) is 88.8 Å². The highest BCUT2D eigenvalue weighted by atomic mass is 16.8. The van der Waals surface area contributed by atoms with Gasteiger partial charge in [0.2, 0.25) is 6.29 Å². The smallest absolute Gasteiger partial charge is 0.460 e. The van der Waals surface area contributed by atoms with E-state index in [4.69, 9.17) is 38.0 Å². The third-order valence-electron chi connectivity index (χ3n) is 7.94. The first-order valence-corrected chi connectivity index (χ1v) is 17.8. The maximum Gasteiger partial charge on any atom is 0.514 e. The zero-order valence-electron chi connectivity index (χ0n) is 33.5. The number of Topliss-reactive ketones (excluding diaryl/α,β-unsaturated/α-hetero) is 1. The number of nitrogens with zero attached hydrogens (tertiary/aromatic N) is 2. The molecule has 1 N–H and O–H groups in total. The summed E-state index contributed by atoms with van der Waals surface area (Å²) in [5.41, 5.74) is -2.05. The van der Waals surface area contributed by atoms with Crippen LogP contribution in [-0.2, 0) is 44.7 Å². The fourth-order valence-electron chi connectivity index (χ4n) is 5.24.